The van der Waals surface area contributed by atoms with Gasteiger partial charge in [-0.15, -0.1) is 0 Å². The van der Waals surface area contributed by atoms with Gasteiger partial charge in [-0.25, -0.2) is 9.59 Å². The number of hydrogen-bond donors (Lipinski definition) is 2. The lowest BCUT2D eigenvalue weighted by Crippen LogP contribution is -2.30. The summed E-state index contributed by atoms with van der Waals surface area (Å²) in [7, 11) is 2.53. The zero-order valence-corrected chi connectivity index (χ0v) is 49.4. The zero-order valence-electron chi connectivity index (χ0n) is 48.6. The van der Waals surface area contributed by atoms with Crippen LogP contribution in [0.1, 0.15) is 177 Å². The summed E-state index contributed by atoms with van der Waals surface area (Å²) in [5.41, 5.74) is 0.937. The fourth-order valence-corrected chi connectivity index (χ4v) is 7.26. The molecule has 0 aromatic rings. The van der Waals surface area contributed by atoms with Crippen molar-refractivity contribution in [1.82, 2.24) is 0 Å². The molecule has 0 fully saturated rings. The maximum atomic E-state index is 13.0. The Morgan fingerprint density at radius 2 is 0.603 bits per heavy atom. The topological polar surface area (TPSA) is 268 Å². The fourth-order valence-electron chi connectivity index (χ4n) is 7.26. The molecular weight excluding hydrogens is 1040 g/mol. The van der Waals surface area contributed by atoms with Crippen LogP contribution in [0.3, 0.4) is 0 Å². The van der Waals surface area contributed by atoms with Gasteiger partial charge in [-0.3, -0.25) is 33.6 Å². The summed E-state index contributed by atoms with van der Waals surface area (Å²) >= 11 is 4.87. The van der Waals surface area contributed by atoms with Crippen molar-refractivity contribution in [2.75, 3.05) is 67.1 Å². The van der Waals surface area contributed by atoms with Crippen LogP contribution in [0, 0.1) is 35.5 Å². The number of unbranched alkanes of at least 4 members (excludes halogenated alkanes) is 4. The van der Waals surface area contributed by atoms with Crippen molar-refractivity contribution in [3.63, 3.8) is 0 Å². The molecule has 0 spiro atoms. The Morgan fingerprint density at radius 3 is 0.795 bits per heavy atom. The largest absolute Gasteiger partial charge is 0.469 e. The van der Waals surface area contributed by atoms with E-state index in [1.807, 2.05) is 27.7 Å². The lowest BCUT2D eigenvalue weighted by atomic mass is 9.83. The average molecular weight is 1130 g/mol. The number of carbonyl (C=O) groups excluding carboxylic acids is 9. The highest BCUT2D eigenvalue weighted by molar-refractivity contribution is 6.67. The Labute approximate surface area is 470 Å². The van der Waals surface area contributed by atoms with Gasteiger partial charge in [0.2, 0.25) is 5.24 Å². The standard InChI is InChI=1S/C31H50O10.C23H42O8.C4H5ClO/c1-8-10-16-40-30(35)24(14-12-18-38-27(32)22(3)4)20-26(29(34)37-7)21-25(31(36)41-17-11-9-2)15-13-19-39-28(33)23(5)6;1-4-6-14-30-22(27)18(10-8-12-24)16-20(21(26)29-3)17-19(11-9-13-25)23(28)31-15-7-5-2;1-3(2)4(5)6/h24-26H,3,5,8-21H2,1-2,4,6-7H3;18-20,24-25H,4-17H2,1-3H3;1H2,2H3. The van der Waals surface area contributed by atoms with Crippen LogP contribution in [0.4, 0.5) is 0 Å². The summed E-state index contributed by atoms with van der Waals surface area (Å²) in [4.78, 5) is 110. The summed E-state index contributed by atoms with van der Waals surface area (Å²) in [6.45, 7) is 24.2. The molecule has 2 N–H and O–H groups in total. The smallest absolute Gasteiger partial charge is 0.333 e. The molecule has 0 rings (SSSR count). The van der Waals surface area contributed by atoms with Gasteiger partial charge in [0.05, 0.1) is 89.4 Å². The van der Waals surface area contributed by atoms with Crippen molar-refractivity contribution < 1.29 is 91.3 Å². The van der Waals surface area contributed by atoms with Crippen LogP contribution >= 0.6 is 11.6 Å². The van der Waals surface area contributed by atoms with Gasteiger partial charge >= 0.3 is 47.8 Å². The number of carbonyl (C=O) groups is 9. The van der Waals surface area contributed by atoms with Crippen molar-refractivity contribution in [2.24, 2.45) is 35.5 Å². The first kappa shape index (κ1) is 77.1. The first-order valence-electron chi connectivity index (χ1n) is 27.6. The van der Waals surface area contributed by atoms with Gasteiger partial charge < -0.3 is 48.1 Å². The van der Waals surface area contributed by atoms with Crippen LogP contribution in [-0.2, 0) is 81.0 Å². The van der Waals surface area contributed by atoms with E-state index in [0.717, 1.165) is 38.5 Å². The fraction of sp³-hybridized carbons (Fsp3) is 0.741. The monoisotopic (exact) mass is 1130 g/mol. The van der Waals surface area contributed by atoms with Crippen LogP contribution in [0.25, 0.3) is 0 Å². The van der Waals surface area contributed by atoms with Crippen LogP contribution in [0.5, 0.6) is 0 Å². The van der Waals surface area contributed by atoms with Gasteiger partial charge in [0.25, 0.3) is 0 Å². The highest BCUT2D eigenvalue weighted by atomic mass is 35.5. The van der Waals surface area contributed by atoms with Crippen LogP contribution in [-0.4, -0.2) is 130 Å². The molecule has 78 heavy (non-hydrogen) atoms. The maximum absolute atomic E-state index is 13.0. The van der Waals surface area contributed by atoms with Gasteiger partial charge in [0.15, 0.2) is 0 Å². The normalized spacial score (nSPS) is 12.8. The minimum Gasteiger partial charge on any atom is -0.469 e. The zero-order chi connectivity index (χ0) is 59.8. The summed E-state index contributed by atoms with van der Waals surface area (Å²) in [5, 5.41) is 17.9. The van der Waals surface area contributed by atoms with Gasteiger partial charge in [-0.1, -0.05) is 73.1 Å². The van der Waals surface area contributed by atoms with Crippen LogP contribution in [0.15, 0.2) is 36.5 Å². The van der Waals surface area contributed by atoms with Crippen LogP contribution in [0.2, 0.25) is 0 Å². The first-order valence-corrected chi connectivity index (χ1v) is 28.0. The van der Waals surface area contributed by atoms with Crippen molar-refractivity contribution in [3.05, 3.63) is 36.5 Å². The lowest BCUT2D eigenvalue weighted by Gasteiger charge is -2.24. The van der Waals surface area contributed by atoms with Gasteiger partial charge in [0.1, 0.15) is 0 Å². The van der Waals surface area contributed by atoms with E-state index >= 15 is 0 Å². The molecule has 0 aromatic heterocycles. The van der Waals surface area contributed by atoms with Gasteiger partial charge in [0, 0.05) is 29.9 Å². The molecule has 0 aromatic carbocycles. The number of esters is 8. The summed E-state index contributed by atoms with van der Waals surface area (Å²) < 4.78 is 41.9. The van der Waals surface area contributed by atoms with E-state index in [1.54, 1.807) is 20.8 Å². The Kier molecular flexibility index (Phi) is 49.5. The molecule has 0 aliphatic carbocycles. The molecule has 0 aliphatic heterocycles. The molecule has 0 saturated carbocycles. The van der Waals surface area contributed by atoms with E-state index in [-0.39, 0.29) is 76.5 Å². The average Bonchev–Trinajstić information content (AvgIpc) is 3.41. The molecule has 19 nitrogen and oxygen atoms in total. The second-order valence-corrected chi connectivity index (χ2v) is 19.5. The molecule has 0 heterocycles. The molecule has 4 atom stereocenters. The Balaban J connectivity index is -0.00000134. The van der Waals surface area contributed by atoms with E-state index in [4.69, 9.17) is 49.5 Å². The second-order valence-electron chi connectivity index (χ2n) is 19.2. The number of rotatable bonds is 43. The van der Waals surface area contributed by atoms with E-state index < -0.39 is 88.5 Å². The molecule has 20 heteroatoms. The van der Waals surface area contributed by atoms with Crippen molar-refractivity contribution in [2.45, 2.75) is 177 Å². The number of methoxy groups -OCH3 is 2. The first-order chi connectivity index (χ1) is 37.1. The predicted octanol–water partition coefficient (Wildman–Crippen LogP) is 9.62. The number of halogens is 1. The predicted molar refractivity (Wildman–Crippen MR) is 295 cm³/mol. The second kappa shape index (κ2) is 50.1. The molecule has 0 amide bonds. The quantitative estimate of drug-likeness (QED) is 0.0189. The summed E-state index contributed by atoms with van der Waals surface area (Å²) in [5.74, 6) is -7.73. The third kappa shape index (κ3) is 40.1. The molecule has 4 unspecified atom stereocenters. The molecule has 0 bridgehead atoms. The SMILES string of the molecule is C=C(C)C(=O)Cl.C=C(C)C(=O)OCCCC(CC(CC(CCCOC(=O)C(=C)C)C(=O)OCCCC)C(=O)OC)C(=O)OCCCC.CCCCOC(=O)C(CCCO)CC(CC(CCCO)C(=O)OCCCC)C(=O)OC. The van der Waals surface area contributed by atoms with Gasteiger partial charge in [-0.2, -0.15) is 0 Å². The Hall–Kier alpha value is -5.14. The number of aliphatic hydroxyl groups is 2. The van der Waals surface area contributed by atoms with Gasteiger partial charge in [-0.05, 0) is 135 Å². The molecule has 0 radical (unpaired) electrons. The number of ether oxygens (including phenoxy) is 8. The minimum absolute atomic E-state index is 0.0650. The highest BCUT2D eigenvalue weighted by Gasteiger charge is 2.35. The molecule has 0 aliphatic rings. The van der Waals surface area contributed by atoms with E-state index in [0.29, 0.717) is 83.0 Å². The van der Waals surface area contributed by atoms with Crippen LogP contribution < -0.4 is 0 Å². The molecule has 450 valence electrons. The highest BCUT2D eigenvalue weighted by Crippen LogP contribution is 2.30. The molecule has 0 saturated heterocycles. The Bertz CT molecular complexity index is 1670. The van der Waals surface area contributed by atoms with Crippen molar-refractivity contribution in [3.8, 4) is 0 Å². The van der Waals surface area contributed by atoms with E-state index in [1.165, 1.54) is 14.2 Å². The molecular formula is C58H97ClO19. The van der Waals surface area contributed by atoms with E-state index in [9.17, 15) is 53.4 Å². The van der Waals surface area contributed by atoms with Crippen molar-refractivity contribution in [1.29, 1.82) is 0 Å². The number of hydrogen-bond acceptors (Lipinski definition) is 19. The maximum Gasteiger partial charge on any atom is 0.333 e. The van der Waals surface area contributed by atoms with E-state index in [2.05, 4.69) is 19.7 Å². The third-order valence-corrected chi connectivity index (χ3v) is 12.3. The third-order valence-electron chi connectivity index (χ3n) is 12.0. The lowest BCUT2D eigenvalue weighted by molar-refractivity contribution is -0.156. The Morgan fingerprint density at radius 1 is 0.372 bits per heavy atom. The summed E-state index contributed by atoms with van der Waals surface area (Å²) in [6.07, 6.45) is 9.91. The van der Waals surface area contributed by atoms with Crippen molar-refractivity contribution >= 4 is 64.6 Å². The number of allylic oxidation sites excluding steroid dienone is 1. The summed E-state index contributed by atoms with van der Waals surface area (Å²) in [6, 6.07) is 0. The minimum atomic E-state index is -0.789. The number of aliphatic hydroxyl groups excluding tert-OH is 2.